The number of hydrogen-bond donors (Lipinski definition) is 2. The number of anilines is 1. The normalized spacial score (nSPS) is 14.9. The fraction of sp³-hybridized carbons (Fsp3) is 0.407. The highest BCUT2D eigenvalue weighted by Gasteiger charge is 2.20. The van der Waals surface area contributed by atoms with Crippen molar-refractivity contribution in [3.63, 3.8) is 0 Å². The van der Waals surface area contributed by atoms with Crippen LogP contribution >= 0.6 is 0 Å². The standard InChI is InChI=1S/C27H33N3O/c1-5-24(21-15-14-19-10-6-7-11-20(19)16-21)30-26(31)22(17-28)18-29-25-13-9-8-12-23(25)27(2,3)4/h8-9,12-16,18,24,29H,5-7,10-11H2,1-4H3,(H,30,31)/b22-18-. The molecule has 0 aliphatic heterocycles. The number of carbonyl (C=O) groups excluding carboxylic acids is 1. The van der Waals surface area contributed by atoms with Crippen molar-refractivity contribution in [2.24, 2.45) is 0 Å². The summed E-state index contributed by atoms with van der Waals surface area (Å²) < 4.78 is 0. The maximum atomic E-state index is 12.9. The number of nitrogens with one attached hydrogen (secondary N) is 2. The lowest BCUT2D eigenvalue weighted by atomic mass is 9.86. The van der Waals surface area contributed by atoms with Gasteiger partial charge in [0.05, 0.1) is 6.04 Å². The molecule has 1 unspecified atom stereocenters. The van der Waals surface area contributed by atoms with Gasteiger partial charge in [-0.25, -0.2) is 0 Å². The van der Waals surface area contributed by atoms with Crippen LogP contribution in [-0.4, -0.2) is 5.91 Å². The zero-order valence-electron chi connectivity index (χ0n) is 19.1. The summed E-state index contributed by atoms with van der Waals surface area (Å²) in [6.45, 7) is 8.47. The van der Waals surface area contributed by atoms with Crippen LogP contribution in [0.4, 0.5) is 5.69 Å². The molecular formula is C27H33N3O. The molecule has 31 heavy (non-hydrogen) atoms. The van der Waals surface area contributed by atoms with E-state index in [9.17, 15) is 10.1 Å². The van der Waals surface area contributed by atoms with Crippen molar-refractivity contribution in [3.8, 4) is 6.07 Å². The van der Waals surface area contributed by atoms with Gasteiger partial charge in [0.2, 0.25) is 0 Å². The highest BCUT2D eigenvalue weighted by atomic mass is 16.1. The van der Waals surface area contributed by atoms with E-state index in [4.69, 9.17) is 0 Å². The van der Waals surface area contributed by atoms with Gasteiger partial charge in [-0.05, 0) is 65.8 Å². The molecule has 3 rings (SSSR count). The lowest BCUT2D eigenvalue weighted by Crippen LogP contribution is -2.29. The smallest absolute Gasteiger partial charge is 0.263 e. The van der Waals surface area contributed by atoms with Crippen LogP contribution < -0.4 is 10.6 Å². The summed E-state index contributed by atoms with van der Waals surface area (Å²) in [5, 5.41) is 15.8. The molecule has 0 fully saturated rings. The number of carbonyl (C=O) groups is 1. The van der Waals surface area contributed by atoms with Gasteiger partial charge in [0.1, 0.15) is 11.6 Å². The first-order valence-corrected chi connectivity index (χ1v) is 11.2. The molecule has 1 aliphatic rings. The van der Waals surface area contributed by atoms with E-state index in [1.165, 1.54) is 30.2 Å². The second-order valence-corrected chi connectivity index (χ2v) is 9.28. The molecule has 2 N–H and O–H groups in total. The number of benzene rings is 2. The van der Waals surface area contributed by atoms with Crippen LogP contribution in [0.3, 0.4) is 0 Å². The van der Waals surface area contributed by atoms with Crippen molar-refractivity contribution in [2.45, 2.75) is 71.3 Å². The Balaban J connectivity index is 1.75. The Morgan fingerprint density at radius 1 is 1.13 bits per heavy atom. The molecule has 0 saturated heterocycles. The minimum Gasteiger partial charge on any atom is -0.360 e. The molecule has 4 nitrogen and oxygen atoms in total. The first-order chi connectivity index (χ1) is 14.8. The van der Waals surface area contributed by atoms with E-state index in [0.29, 0.717) is 0 Å². The van der Waals surface area contributed by atoms with Crippen molar-refractivity contribution in [1.29, 1.82) is 5.26 Å². The number of nitriles is 1. The molecule has 4 heteroatoms. The van der Waals surface area contributed by atoms with Crippen molar-refractivity contribution in [2.75, 3.05) is 5.32 Å². The fourth-order valence-electron chi connectivity index (χ4n) is 4.19. The SMILES string of the molecule is CCC(NC(=O)/C(C#N)=C\Nc1ccccc1C(C)(C)C)c1ccc2c(c1)CCCC2. The maximum Gasteiger partial charge on any atom is 0.263 e. The van der Waals surface area contributed by atoms with E-state index < -0.39 is 0 Å². The summed E-state index contributed by atoms with van der Waals surface area (Å²) in [6.07, 6.45) is 7.00. The molecular weight excluding hydrogens is 382 g/mol. The highest BCUT2D eigenvalue weighted by molar-refractivity contribution is 5.97. The zero-order valence-corrected chi connectivity index (χ0v) is 19.1. The van der Waals surface area contributed by atoms with Crippen molar-refractivity contribution >= 4 is 11.6 Å². The van der Waals surface area contributed by atoms with Gasteiger partial charge in [0.25, 0.3) is 5.91 Å². The topological polar surface area (TPSA) is 64.9 Å². The second-order valence-electron chi connectivity index (χ2n) is 9.28. The maximum absolute atomic E-state index is 12.9. The molecule has 1 aliphatic carbocycles. The van der Waals surface area contributed by atoms with Crippen LogP contribution in [0, 0.1) is 11.3 Å². The summed E-state index contributed by atoms with van der Waals surface area (Å²) in [5.74, 6) is -0.354. The van der Waals surface area contributed by atoms with Gasteiger partial charge in [-0.2, -0.15) is 5.26 Å². The van der Waals surface area contributed by atoms with Gasteiger partial charge in [-0.1, -0.05) is 64.1 Å². The first-order valence-electron chi connectivity index (χ1n) is 11.2. The molecule has 0 spiro atoms. The van der Waals surface area contributed by atoms with E-state index in [-0.39, 0.29) is 22.9 Å². The average Bonchev–Trinajstić information content (AvgIpc) is 2.77. The Kier molecular flexibility index (Phi) is 7.17. The Bertz CT molecular complexity index is 1010. The quantitative estimate of drug-likeness (QED) is 0.453. The molecule has 0 heterocycles. The Hall–Kier alpha value is -3.06. The number of fused-ring (bicyclic) bond motifs is 1. The van der Waals surface area contributed by atoms with Gasteiger partial charge >= 0.3 is 0 Å². The predicted molar refractivity (Wildman–Crippen MR) is 127 cm³/mol. The Labute approximate surface area is 186 Å². The first kappa shape index (κ1) is 22.6. The summed E-state index contributed by atoms with van der Waals surface area (Å²) in [7, 11) is 0. The molecule has 1 atom stereocenters. The second kappa shape index (κ2) is 9.83. The van der Waals surface area contributed by atoms with Crippen molar-refractivity contribution in [1.82, 2.24) is 5.32 Å². The molecule has 0 bridgehead atoms. The van der Waals surface area contributed by atoms with E-state index in [2.05, 4.69) is 62.6 Å². The number of para-hydroxylation sites is 1. The third-order valence-corrected chi connectivity index (χ3v) is 5.96. The van der Waals surface area contributed by atoms with Gasteiger partial charge in [-0.3, -0.25) is 4.79 Å². The summed E-state index contributed by atoms with van der Waals surface area (Å²) in [5.41, 5.74) is 5.98. The van der Waals surface area contributed by atoms with Crippen molar-refractivity contribution < 1.29 is 4.79 Å². The van der Waals surface area contributed by atoms with Gasteiger partial charge in [0, 0.05) is 11.9 Å². The summed E-state index contributed by atoms with van der Waals surface area (Å²) in [4.78, 5) is 12.9. The van der Waals surface area contributed by atoms with Gasteiger partial charge in [-0.15, -0.1) is 0 Å². The molecule has 0 radical (unpaired) electrons. The molecule has 162 valence electrons. The van der Waals surface area contributed by atoms with Crippen LogP contribution in [0.15, 0.2) is 54.2 Å². The Morgan fingerprint density at radius 3 is 2.52 bits per heavy atom. The Morgan fingerprint density at radius 2 is 1.84 bits per heavy atom. The lowest BCUT2D eigenvalue weighted by molar-refractivity contribution is -0.117. The number of rotatable bonds is 6. The monoisotopic (exact) mass is 415 g/mol. The minimum atomic E-state index is -0.354. The van der Waals surface area contributed by atoms with Gasteiger partial charge in [0.15, 0.2) is 0 Å². The number of aryl methyl sites for hydroxylation is 2. The minimum absolute atomic E-state index is 0.0494. The number of hydrogen-bond acceptors (Lipinski definition) is 3. The third-order valence-electron chi connectivity index (χ3n) is 5.96. The fourth-order valence-corrected chi connectivity index (χ4v) is 4.19. The molecule has 1 amide bonds. The highest BCUT2D eigenvalue weighted by Crippen LogP contribution is 2.29. The summed E-state index contributed by atoms with van der Waals surface area (Å²) >= 11 is 0. The van der Waals surface area contributed by atoms with E-state index in [1.807, 2.05) is 24.3 Å². The van der Waals surface area contributed by atoms with Crippen LogP contribution in [0.2, 0.25) is 0 Å². The number of amides is 1. The van der Waals surface area contributed by atoms with E-state index in [1.54, 1.807) is 0 Å². The van der Waals surface area contributed by atoms with E-state index >= 15 is 0 Å². The molecule has 0 aromatic heterocycles. The molecule has 2 aromatic carbocycles. The average molecular weight is 416 g/mol. The van der Waals surface area contributed by atoms with Crippen molar-refractivity contribution in [3.05, 3.63) is 76.5 Å². The van der Waals surface area contributed by atoms with Gasteiger partial charge < -0.3 is 10.6 Å². The van der Waals surface area contributed by atoms with Crippen LogP contribution in [0.25, 0.3) is 0 Å². The van der Waals surface area contributed by atoms with Crippen LogP contribution in [0.5, 0.6) is 0 Å². The third kappa shape index (κ3) is 5.55. The lowest BCUT2D eigenvalue weighted by Gasteiger charge is -2.23. The molecule has 0 saturated carbocycles. The molecule has 2 aromatic rings. The number of nitrogens with zero attached hydrogens (tertiary/aromatic N) is 1. The van der Waals surface area contributed by atoms with Crippen LogP contribution in [0.1, 0.15) is 75.3 Å². The van der Waals surface area contributed by atoms with E-state index in [0.717, 1.165) is 36.1 Å². The summed E-state index contributed by atoms with van der Waals surface area (Å²) in [6, 6.07) is 16.5. The largest absolute Gasteiger partial charge is 0.360 e. The predicted octanol–water partition coefficient (Wildman–Crippen LogP) is 5.95. The zero-order chi connectivity index (χ0) is 22.4. The van der Waals surface area contributed by atoms with Crippen LogP contribution in [-0.2, 0) is 23.1 Å².